The van der Waals surface area contributed by atoms with Crippen LogP contribution in [0.15, 0.2) is 18.2 Å². The Bertz CT molecular complexity index is 531. The van der Waals surface area contributed by atoms with Gasteiger partial charge in [-0.05, 0) is 57.7 Å². The monoisotopic (exact) mass is 296 g/mol. The Kier molecular flexibility index (Phi) is 3.20. The van der Waals surface area contributed by atoms with E-state index in [1.54, 1.807) is 6.07 Å². The van der Waals surface area contributed by atoms with Crippen LogP contribution < -0.4 is 0 Å². The molecule has 0 bridgehead atoms. The Morgan fingerprint density at radius 1 is 1.20 bits per heavy atom. The molecule has 0 unspecified atom stereocenters. The fourth-order valence-corrected chi connectivity index (χ4v) is 3.05. The first-order valence-electron chi connectivity index (χ1n) is 7.02. The van der Waals surface area contributed by atoms with Crippen LogP contribution in [0.4, 0.5) is 4.39 Å². The summed E-state index contributed by atoms with van der Waals surface area (Å²) in [6, 6.07) is 4.60. The highest BCUT2D eigenvalue weighted by Crippen LogP contribution is 2.59. The third-order valence-corrected chi connectivity index (χ3v) is 5.15. The van der Waals surface area contributed by atoms with Crippen LogP contribution in [0.5, 0.6) is 0 Å². The second-order valence-corrected chi connectivity index (χ2v) is 7.20. The van der Waals surface area contributed by atoms with Crippen LogP contribution in [0.2, 0.25) is 10.8 Å². The second-order valence-electron chi connectivity index (χ2n) is 6.80. The van der Waals surface area contributed by atoms with Gasteiger partial charge in [-0.1, -0.05) is 17.7 Å². The highest BCUT2D eigenvalue weighted by atomic mass is 35.5. The average Bonchev–Trinajstić information content (AvgIpc) is 3.02. The summed E-state index contributed by atoms with van der Waals surface area (Å²) in [5.74, 6) is 0.309. The normalized spacial score (nSPS) is 30.6. The van der Waals surface area contributed by atoms with Crippen molar-refractivity contribution in [3.8, 4) is 0 Å². The topological polar surface area (TPSA) is 18.5 Å². The Balaban J connectivity index is 1.74. The zero-order valence-electron chi connectivity index (χ0n) is 12.2. The lowest BCUT2D eigenvalue weighted by molar-refractivity contribution is 0.00578. The number of halogens is 2. The van der Waals surface area contributed by atoms with E-state index >= 15 is 0 Å². The largest absolute Gasteiger partial charge is 0.461 e. The molecule has 0 amide bonds. The molecule has 0 spiro atoms. The third-order valence-electron chi connectivity index (χ3n) is 4.82. The summed E-state index contributed by atoms with van der Waals surface area (Å²) in [6.07, 6.45) is 0.974. The van der Waals surface area contributed by atoms with Crippen molar-refractivity contribution >= 4 is 18.7 Å². The Hall–Kier alpha value is -0.575. The number of hydrogen-bond donors (Lipinski definition) is 0. The highest BCUT2D eigenvalue weighted by molar-refractivity contribution is 6.49. The maximum Gasteiger partial charge on any atom is 0.461 e. The highest BCUT2D eigenvalue weighted by Gasteiger charge is 2.60. The first-order valence-corrected chi connectivity index (χ1v) is 7.40. The molecule has 108 valence electrons. The van der Waals surface area contributed by atoms with E-state index in [9.17, 15) is 4.39 Å². The van der Waals surface area contributed by atoms with E-state index < -0.39 is 0 Å². The second kappa shape index (κ2) is 4.46. The lowest BCUT2D eigenvalue weighted by Crippen LogP contribution is -2.41. The quantitative estimate of drug-likeness (QED) is 0.752. The minimum atomic E-state index is -0.308. The maximum atomic E-state index is 13.1. The average molecular weight is 297 g/mol. The molecule has 0 aromatic heterocycles. The lowest BCUT2D eigenvalue weighted by Gasteiger charge is -2.32. The van der Waals surface area contributed by atoms with Crippen molar-refractivity contribution in [3.63, 3.8) is 0 Å². The standard InChI is InChI=1S/C15H19BClFO2/c1-14(2)15(3,4)20-16(19-14)12-8-11(12)10-6-5-9(18)7-13(10)17/h5-7,11-12H,8H2,1-4H3/t11-,12+/m0/s1. The summed E-state index contributed by atoms with van der Waals surface area (Å²) in [4.78, 5) is 0. The van der Waals surface area contributed by atoms with Gasteiger partial charge in [0.1, 0.15) is 5.82 Å². The lowest BCUT2D eigenvalue weighted by atomic mass is 9.79. The Morgan fingerprint density at radius 2 is 1.80 bits per heavy atom. The van der Waals surface area contributed by atoms with Gasteiger partial charge in [-0.15, -0.1) is 0 Å². The molecular formula is C15H19BClFO2. The molecule has 20 heavy (non-hydrogen) atoms. The first-order chi connectivity index (χ1) is 9.21. The number of rotatable bonds is 2. The molecule has 2 atom stereocenters. The molecule has 2 nitrogen and oxygen atoms in total. The smallest absolute Gasteiger partial charge is 0.403 e. The summed E-state index contributed by atoms with van der Waals surface area (Å²) < 4.78 is 25.2. The van der Waals surface area contributed by atoms with Gasteiger partial charge in [-0.3, -0.25) is 0 Å². The van der Waals surface area contributed by atoms with E-state index in [0.717, 1.165) is 12.0 Å². The zero-order chi connectivity index (χ0) is 14.7. The number of benzene rings is 1. The molecule has 1 heterocycles. The fourth-order valence-electron chi connectivity index (χ4n) is 2.74. The van der Waals surface area contributed by atoms with Gasteiger partial charge in [0.15, 0.2) is 0 Å². The molecule has 1 aromatic rings. The van der Waals surface area contributed by atoms with Gasteiger partial charge in [0.05, 0.1) is 11.2 Å². The van der Waals surface area contributed by atoms with Crippen molar-refractivity contribution in [2.24, 2.45) is 0 Å². The van der Waals surface area contributed by atoms with Crippen molar-refractivity contribution < 1.29 is 13.7 Å². The van der Waals surface area contributed by atoms with Crippen LogP contribution in [-0.4, -0.2) is 18.3 Å². The van der Waals surface area contributed by atoms with Gasteiger partial charge in [0, 0.05) is 10.8 Å². The predicted molar refractivity (Wildman–Crippen MR) is 78.6 cm³/mol. The van der Waals surface area contributed by atoms with E-state index in [4.69, 9.17) is 20.9 Å². The Labute approximate surface area is 124 Å². The summed E-state index contributed by atoms with van der Waals surface area (Å²) in [6.45, 7) is 8.20. The molecular weight excluding hydrogens is 277 g/mol. The van der Waals surface area contributed by atoms with Crippen LogP contribution >= 0.6 is 11.6 Å². The summed E-state index contributed by atoms with van der Waals surface area (Å²) in [5, 5.41) is 0.494. The summed E-state index contributed by atoms with van der Waals surface area (Å²) in [7, 11) is -0.203. The van der Waals surface area contributed by atoms with Crippen LogP contribution in [-0.2, 0) is 9.31 Å². The minimum absolute atomic E-state index is 0.203. The first kappa shape index (κ1) is 14.4. The number of hydrogen-bond acceptors (Lipinski definition) is 2. The van der Waals surface area contributed by atoms with Gasteiger partial charge in [-0.2, -0.15) is 0 Å². The van der Waals surface area contributed by atoms with Gasteiger partial charge in [0.25, 0.3) is 0 Å². The SMILES string of the molecule is CC1(C)OB([C@@H]2C[C@H]2c2ccc(F)cc2Cl)OC1(C)C. The van der Waals surface area contributed by atoms with Gasteiger partial charge in [-0.25, -0.2) is 4.39 Å². The third kappa shape index (κ3) is 2.28. The van der Waals surface area contributed by atoms with Gasteiger partial charge in [0.2, 0.25) is 0 Å². The van der Waals surface area contributed by atoms with E-state index in [1.807, 2.05) is 0 Å². The fraction of sp³-hybridized carbons (Fsp3) is 0.600. The van der Waals surface area contributed by atoms with Crippen molar-refractivity contribution in [1.29, 1.82) is 0 Å². The molecule has 1 saturated heterocycles. The summed E-state index contributed by atoms with van der Waals surface area (Å²) in [5.41, 5.74) is 0.377. The van der Waals surface area contributed by atoms with E-state index in [2.05, 4.69) is 27.7 Å². The van der Waals surface area contributed by atoms with Gasteiger partial charge >= 0.3 is 7.12 Å². The van der Waals surface area contributed by atoms with Crippen LogP contribution in [0.1, 0.15) is 45.6 Å². The van der Waals surface area contributed by atoms with Crippen LogP contribution in [0.25, 0.3) is 0 Å². The molecule has 0 radical (unpaired) electrons. The predicted octanol–water partition coefficient (Wildman–Crippen LogP) is 4.43. The minimum Gasteiger partial charge on any atom is -0.403 e. The maximum absolute atomic E-state index is 13.1. The van der Waals surface area contributed by atoms with Crippen LogP contribution in [0, 0.1) is 5.82 Å². The molecule has 1 aliphatic carbocycles. The molecule has 3 rings (SSSR count). The molecule has 2 fully saturated rings. The van der Waals surface area contributed by atoms with Crippen molar-refractivity contribution in [3.05, 3.63) is 34.6 Å². The van der Waals surface area contributed by atoms with E-state index in [-0.39, 0.29) is 24.1 Å². The van der Waals surface area contributed by atoms with Crippen molar-refractivity contribution in [2.45, 2.75) is 57.1 Å². The molecule has 1 aliphatic heterocycles. The molecule has 1 aromatic carbocycles. The molecule has 5 heteroatoms. The summed E-state index contributed by atoms with van der Waals surface area (Å²) >= 11 is 6.13. The molecule has 2 aliphatic rings. The van der Waals surface area contributed by atoms with E-state index in [1.165, 1.54) is 12.1 Å². The zero-order valence-corrected chi connectivity index (χ0v) is 13.0. The van der Waals surface area contributed by atoms with Crippen LogP contribution in [0.3, 0.4) is 0 Å². The van der Waals surface area contributed by atoms with E-state index in [0.29, 0.717) is 16.8 Å². The van der Waals surface area contributed by atoms with Crippen molar-refractivity contribution in [2.75, 3.05) is 0 Å². The molecule has 0 N–H and O–H groups in total. The van der Waals surface area contributed by atoms with Crippen molar-refractivity contribution in [1.82, 2.24) is 0 Å². The molecule has 1 saturated carbocycles. The Morgan fingerprint density at radius 3 is 2.35 bits per heavy atom. The van der Waals surface area contributed by atoms with Gasteiger partial charge < -0.3 is 9.31 Å².